The molecular weight excluding hydrogens is 182 g/mol. The summed E-state index contributed by atoms with van der Waals surface area (Å²) in [4.78, 5) is 0. The van der Waals surface area contributed by atoms with Crippen molar-refractivity contribution in [2.24, 2.45) is 0 Å². The van der Waals surface area contributed by atoms with Crippen LogP contribution >= 0.6 is 0 Å². The Morgan fingerprint density at radius 1 is 1.31 bits per heavy atom. The van der Waals surface area contributed by atoms with E-state index in [1.165, 1.54) is 25.7 Å². The Kier molecular flexibility index (Phi) is 4.94. The number of nitrogens with zero attached hydrogens (tertiary/aromatic N) is 1. The van der Waals surface area contributed by atoms with E-state index >= 15 is 0 Å². The van der Waals surface area contributed by atoms with Gasteiger partial charge in [-0.05, 0) is 25.8 Å². The van der Waals surface area contributed by atoms with Gasteiger partial charge in [0.25, 0.3) is 0 Å². The van der Waals surface area contributed by atoms with Gasteiger partial charge in [0.15, 0.2) is 0 Å². The minimum Gasteiger partial charge on any atom is -0.384 e. The minimum absolute atomic E-state index is 0.683. The van der Waals surface area contributed by atoms with E-state index in [1.807, 2.05) is 0 Å². The van der Waals surface area contributed by atoms with Gasteiger partial charge in [0.1, 0.15) is 0 Å². The molecule has 0 N–H and O–H groups in total. The van der Waals surface area contributed by atoms with Crippen LogP contribution in [0, 0.1) is 0 Å². The summed E-state index contributed by atoms with van der Waals surface area (Å²) in [6, 6.07) is 0.683. The first kappa shape index (κ1) is 11.2. The maximum absolute atomic E-state index is 5.38. The maximum Gasteiger partial charge on any atom is 0.490 e. The van der Waals surface area contributed by atoms with Gasteiger partial charge in [-0.1, -0.05) is 13.3 Å². The molecule has 1 aliphatic heterocycles. The van der Waals surface area contributed by atoms with E-state index in [4.69, 9.17) is 8.85 Å². The van der Waals surface area contributed by atoms with Crippen molar-refractivity contribution < 1.29 is 8.85 Å². The molecule has 0 aliphatic carbocycles. The Balaban J connectivity index is 2.51. The summed E-state index contributed by atoms with van der Waals surface area (Å²) in [5.74, 6) is 0. The second-order valence-corrected chi connectivity index (χ2v) is 5.35. The van der Waals surface area contributed by atoms with Gasteiger partial charge in [0, 0.05) is 20.3 Å². The van der Waals surface area contributed by atoms with Gasteiger partial charge in [-0.15, -0.1) is 0 Å². The van der Waals surface area contributed by atoms with Crippen LogP contribution < -0.4 is 0 Å². The molecule has 1 heterocycles. The van der Waals surface area contributed by atoms with E-state index in [-0.39, 0.29) is 0 Å². The van der Waals surface area contributed by atoms with Crippen molar-refractivity contribution in [1.82, 2.24) is 4.57 Å². The van der Waals surface area contributed by atoms with E-state index < -0.39 is 9.45 Å². The molecule has 0 amide bonds. The number of hydrogen-bond donors (Lipinski definition) is 0. The topological polar surface area (TPSA) is 21.7 Å². The fourth-order valence-corrected chi connectivity index (χ4v) is 3.57. The lowest BCUT2D eigenvalue weighted by Gasteiger charge is -2.36. The number of rotatable bonds is 4. The first-order valence-electron chi connectivity index (χ1n) is 5.05. The quantitative estimate of drug-likeness (QED) is 0.645. The molecule has 1 unspecified atom stereocenters. The van der Waals surface area contributed by atoms with Crippen molar-refractivity contribution in [2.45, 2.75) is 38.6 Å². The molecule has 4 heteroatoms. The molecule has 0 saturated carbocycles. The number of hydrogen-bond acceptors (Lipinski definition) is 3. The zero-order valence-electron chi connectivity index (χ0n) is 8.88. The van der Waals surface area contributed by atoms with E-state index in [1.54, 1.807) is 14.2 Å². The molecule has 1 saturated heterocycles. The largest absolute Gasteiger partial charge is 0.490 e. The van der Waals surface area contributed by atoms with Crippen LogP contribution in [0.4, 0.5) is 0 Å². The second kappa shape index (κ2) is 5.75. The van der Waals surface area contributed by atoms with Gasteiger partial charge < -0.3 is 8.85 Å². The van der Waals surface area contributed by atoms with Gasteiger partial charge in [-0.2, -0.15) is 0 Å². The van der Waals surface area contributed by atoms with Crippen LogP contribution in [-0.2, 0) is 8.85 Å². The molecule has 0 spiro atoms. The summed E-state index contributed by atoms with van der Waals surface area (Å²) in [7, 11) is 2.35. The minimum atomic E-state index is -1.15. The molecule has 1 aliphatic rings. The molecule has 1 radical (unpaired) electrons. The second-order valence-electron chi connectivity index (χ2n) is 3.43. The highest BCUT2D eigenvalue weighted by atomic mass is 28.3. The predicted octanol–water partition coefficient (Wildman–Crippen LogP) is 1.53. The normalized spacial score (nSPS) is 25.4. The monoisotopic (exact) mass is 202 g/mol. The van der Waals surface area contributed by atoms with Crippen molar-refractivity contribution in [3.63, 3.8) is 0 Å². The lowest BCUT2D eigenvalue weighted by atomic mass is 10.0. The van der Waals surface area contributed by atoms with Gasteiger partial charge in [-0.3, -0.25) is 4.57 Å². The van der Waals surface area contributed by atoms with Crippen LogP contribution in [0.2, 0.25) is 0 Å². The van der Waals surface area contributed by atoms with Crippen LogP contribution in [0.3, 0.4) is 0 Å². The molecule has 0 aromatic rings. The fraction of sp³-hybridized carbons (Fsp3) is 1.00. The lowest BCUT2D eigenvalue weighted by molar-refractivity contribution is 0.141. The molecular formula is C9H20NO2Si. The molecule has 0 aromatic heterocycles. The van der Waals surface area contributed by atoms with Crippen molar-refractivity contribution >= 4 is 9.45 Å². The van der Waals surface area contributed by atoms with E-state index in [0.29, 0.717) is 6.04 Å². The maximum atomic E-state index is 5.38. The summed E-state index contributed by atoms with van der Waals surface area (Å²) >= 11 is 0. The van der Waals surface area contributed by atoms with Crippen molar-refractivity contribution in [3.8, 4) is 0 Å². The molecule has 0 bridgehead atoms. The van der Waals surface area contributed by atoms with Crippen molar-refractivity contribution in [1.29, 1.82) is 0 Å². The lowest BCUT2D eigenvalue weighted by Crippen LogP contribution is -2.51. The van der Waals surface area contributed by atoms with Gasteiger partial charge >= 0.3 is 9.45 Å². The standard InChI is InChI=1S/C9H20NO2Si/c1-4-9-7-5-6-8-10(9)13(11-2)12-3/h9H,4-8H2,1-3H3. The average molecular weight is 202 g/mol. The SMILES string of the molecule is CCC1CCCCN1[Si](OC)OC. The highest BCUT2D eigenvalue weighted by Gasteiger charge is 2.31. The Bertz CT molecular complexity index is 134. The van der Waals surface area contributed by atoms with Crippen LogP contribution in [0.15, 0.2) is 0 Å². The fourth-order valence-electron chi connectivity index (χ4n) is 1.98. The van der Waals surface area contributed by atoms with Gasteiger partial charge in [-0.25, -0.2) is 0 Å². The highest BCUT2D eigenvalue weighted by molar-refractivity contribution is 6.41. The third-order valence-corrected chi connectivity index (χ3v) is 4.44. The Morgan fingerprint density at radius 3 is 2.54 bits per heavy atom. The Morgan fingerprint density at radius 2 is 2.00 bits per heavy atom. The van der Waals surface area contributed by atoms with E-state index in [9.17, 15) is 0 Å². The summed E-state index contributed by atoms with van der Waals surface area (Å²) in [5, 5.41) is 0. The smallest absolute Gasteiger partial charge is 0.384 e. The zero-order chi connectivity index (χ0) is 9.68. The Hall–Kier alpha value is 0.0969. The highest BCUT2D eigenvalue weighted by Crippen LogP contribution is 2.20. The molecule has 0 aromatic carbocycles. The third-order valence-electron chi connectivity index (χ3n) is 2.68. The van der Waals surface area contributed by atoms with Crippen molar-refractivity contribution in [3.05, 3.63) is 0 Å². The predicted molar refractivity (Wildman–Crippen MR) is 54.4 cm³/mol. The van der Waals surface area contributed by atoms with Crippen molar-refractivity contribution in [2.75, 3.05) is 20.8 Å². The zero-order valence-corrected chi connectivity index (χ0v) is 9.88. The third kappa shape index (κ3) is 2.77. The molecule has 77 valence electrons. The molecule has 1 rings (SSSR count). The molecule has 3 nitrogen and oxygen atoms in total. The van der Waals surface area contributed by atoms with Gasteiger partial charge in [0.05, 0.1) is 0 Å². The first-order chi connectivity index (χ1) is 6.33. The summed E-state index contributed by atoms with van der Waals surface area (Å²) in [6.07, 6.45) is 5.16. The number of piperidine rings is 1. The molecule has 13 heavy (non-hydrogen) atoms. The van der Waals surface area contributed by atoms with Crippen LogP contribution in [0.1, 0.15) is 32.6 Å². The van der Waals surface area contributed by atoms with Crippen LogP contribution in [-0.4, -0.2) is 40.8 Å². The van der Waals surface area contributed by atoms with Crippen LogP contribution in [0.25, 0.3) is 0 Å². The summed E-state index contributed by atoms with van der Waals surface area (Å²) < 4.78 is 13.2. The Labute approximate surface area is 82.9 Å². The summed E-state index contributed by atoms with van der Waals surface area (Å²) in [6.45, 7) is 3.39. The molecule has 1 atom stereocenters. The van der Waals surface area contributed by atoms with E-state index in [2.05, 4.69) is 11.5 Å². The summed E-state index contributed by atoms with van der Waals surface area (Å²) in [5.41, 5.74) is 0. The average Bonchev–Trinajstić information content (AvgIpc) is 2.20. The van der Waals surface area contributed by atoms with E-state index in [0.717, 1.165) is 6.54 Å². The van der Waals surface area contributed by atoms with Gasteiger partial charge in [0.2, 0.25) is 0 Å². The first-order valence-corrected chi connectivity index (χ1v) is 6.31. The molecule has 1 fully saturated rings. The van der Waals surface area contributed by atoms with Crippen LogP contribution in [0.5, 0.6) is 0 Å².